The van der Waals surface area contributed by atoms with Crippen molar-refractivity contribution in [2.24, 2.45) is 0 Å². The molecule has 0 radical (unpaired) electrons. The number of amides is 2. The fourth-order valence-electron chi connectivity index (χ4n) is 4.58. The molecular formula is C26H23ClN2O2S. The average Bonchev–Trinajstić information content (AvgIpc) is 3.32. The number of aryl methyl sites for hydroxylation is 2. The minimum atomic E-state index is -1.09. The van der Waals surface area contributed by atoms with Crippen LogP contribution in [0.1, 0.15) is 32.6 Å². The summed E-state index contributed by atoms with van der Waals surface area (Å²) in [6.45, 7) is 4.92. The first-order chi connectivity index (χ1) is 15.4. The maximum Gasteiger partial charge on any atom is 0.268 e. The molecule has 2 aliphatic heterocycles. The van der Waals surface area contributed by atoms with Crippen molar-refractivity contribution in [2.45, 2.75) is 25.3 Å². The van der Waals surface area contributed by atoms with E-state index in [1.165, 1.54) is 17.3 Å². The predicted octanol–water partition coefficient (Wildman–Crippen LogP) is 5.55. The minimum absolute atomic E-state index is 0.0835. The lowest BCUT2D eigenvalue weighted by Gasteiger charge is -2.33. The standard InChI is InChI=1S/C26H23ClN2O2S/c1-17-7-9-19(10-8-17)16-28-23-12-11-20(27)15-22(23)26(25(28)31)29(13-14-32-26)24(30)21-6-4-3-5-18(21)2/h3-12,15H,13-14,16H2,1-2H3/t26-/m1/s1. The highest BCUT2D eigenvalue weighted by atomic mass is 35.5. The Labute approximate surface area is 197 Å². The number of hydrogen-bond donors (Lipinski definition) is 0. The number of hydrogen-bond acceptors (Lipinski definition) is 3. The molecule has 0 N–H and O–H groups in total. The van der Waals surface area contributed by atoms with Gasteiger partial charge in [-0.1, -0.05) is 59.6 Å². The smallest absolute Gasteiger partial charge is 0.268 e. The number of anilines is 1. The molecule has 0 saturated carbocycles. The van der Waals surface area contributed by atoms with Gasteiger partial charge in [-0.2, -0.15) is 0 Å². The molecule has 162 valence electrons. The van der Waals surface area contributed by atoms with E-state index in [9.17, 15) is 9.59 Å². The molecule has 2 aliphatic rings. The Morgan fingerprint density at radius 2 is 1.81 bits per heavy atom. The first kappa shape index (κ1) is 21.1. The van der Waals surface area contributed by atoms with Crippen molar-refractivity contribution in [1.82, 2.24) is 4.90 Å². The van der Waals surface area contributed by atoms with E-state index >= 15 is 0 Å². The zero-order valence-corrected chi connectivity index (χ0v) is 19.5. The van der Waals surface area contributed by atoms with Gasteiger partial charge in [0.15, 0.2) is 4.87 Å². The van der Waals surface area contributed by atoms with E-state index < -0.39 is 4.87 Å². The Kier molecular flexibility index (Phi) is 5.26. The summed E-state index contributed by atoms with van der Waals surface area (Å²) < 4.78 is 0. The van der Waals surface area contributed by atoms with Gasteiger partial charge in [-0.15, -0.1) is 11.8 Å². The molecule has 5 rings (SSSR count). The first-order valence-corrected chi connectivity index (χ1v) is 12.0. The molecule has 1 fully saturated rings. The Morgan fingerprint density at radius 3 is 2.56 bits per heavy atom. The van der Waals surface area contributed by atoms with Gasteiger partial charge >= 0.3 is 0 Å². The second kappa shape index (κ2) is 7.98. The van der Waals surface area contributed by atoms with E-state index in [-0.39, 0.29) is 11.8 Å². The third-order valence-corrected chi connectivity index (χ3v) is 7.89. The van der Waals surface area contributed by atoms with Gasteiger partial charge in [0.25, 0.3) is 11.8 Å². The lowest BCUT2D eigenvalue weighted by Crippen LogP contribution is -2.50. The van der Waals surface area contributed by atoms with Crippen LogP contribution in [-0.4, -0.2) is 29.0 Å². The SMILES string of the molecule is Cc1ccc(CN2C(=O)[C@]3(SCCN3C(=O)c3ccccc3C)c3cc(Cl)ccc32)cc1. The van der Waals surface area contributed by atoms with E-state index in [0.717, 1.165) is 22.4 Å². The van der Waals surface area contributed by atoms with E-state index in [0.29, 0.717) is 29.4 Å². The summed E-state index contributed by atoms with van der Waals surface area (Å²) in [4.78, 5) is 30.2. The number of thioether (sulfide) groups is 1. The molecule has 32 heavy (non-hydrogen) atoms. The minimum Gasteiger partial charge on any atom is -0.311 e. The third kappa shape index (κ3) is 3.23. The molecule has 0 bridgehead atoms. The molecule has 0 unspecified atom stereocenters. The van der Waals surface area contributed by atoms with Crippen molar-refractivity contribution in [2.75, 3.05) is 17.2 Å². The van der Waals surface area contributed by atoms with Crippen LogP contribution in [0, 0.1) is 13.8 Å². The molecule has 0 aliphatic carbocycles. The van der Waals surface area contributed by atoms with Gasteiger partial charge in [0, 0.05) is 28.4 Å². The summed E-state index contributed by atoms with van der Waals surface area (Å²) in [6, 6.07) is 21.3. The number of rotatable bonds is 3. The fourth-order valence-corrected chi connectivity index (χ4v) is 6.20. The molecule has 1 spiro atoms. The highest BCUT2D eigenvalue weighted by molar-refractivity contribution is 8.01. The normalized spacial score (nSPS) is 19.7. The number of benzene rings is 3. The molecule has 3 aromatic carbocycles. The van der Waals surface area contributed by atoms with Gasteiger partial charge in [0.1, 0.15) is 0 Å². The Hall–Kier alpha value is -2.76. The second-order valence-corrected chi connectivity index (χ2v) is 10.0. The lowest BCUT2D eigenvalue weighted by atomic mass is 10.0. The van der Waals surface area contributed by atoms with Crippen molar-refractivity contribution < 1.29 is 9.59 Å². The van der Waals surface area contributed by atoms with Crippen LogP contribution in [-0.2, 0) is 16.2 Å². The predicted molar refractivity (Wildman–Crippen MR) is 130 cm³/mol. The van der Waals surface area contributed by atoms with Crippen LogP contribution in [0.2, 0.25) is 5.02 Å². The highest BCUT2D eigenvalue weighted by Gasteiger charge is 2.59. The van der Waals surface area contributed by atoms with Crippen molar-refractivity contribution in [3.63, 3.8) is 0 Å². The molecular weight excluding hydrogens is 440 g/mol. The summed E-state index contributed by atoms with van der Waals surface area (Å²) in [6.07, 6.45) is 0. The van der Waals surface area contributed by atoms with Crippen molar-refractivity contribution >= 4 is 40.9 Å². The molecule has 4 nitrogen and oxygen atoms in total. The van der Waals surface area contributed by atoms with E-state index in [1.807, 2.05) is 80.6 Å². The zero-order chi connectivity index (χ0) is 22.5. The second-order valence-electron chi connectivity index (χ2n) is 8.30. The average molecular weight is 463 g/mol. The molecule has 1 saturated heterocycles. The third-order valence-electron chi connectivity index (χ3n) is 6.24. The maximum atomic E-state index is 14.1. The van der Waals surface area contributed by atoms with E-state index in [4.69, 9.17) is 11.6 Å². The van der Waals surface area contributed by atoms with Crippen molar-refractivity contribution in [3.8, 4) is 0 Å². The van der Waals surface area contributed by atoms with Gasteiger partial charge < -0.3 is 9.80 Å². The van der Waals surface area contributed by atoms with Crippen molar-refractivity contribution in [1.29, 1.82) is 0 Å². The Morgan fingerprint density at radius 1 is 1.06 bits per heavy atom. The zero-order valence-electron chi connectivity index (χ0n) is 18.0. The van der Waals surface area contributed by atoms with Crippen LogP contribution >= 0.6 is 23.4 Å². The van der Waals surface area contributed by atoms with Crippen LogP contribution < -0.4 is 4.90 Å². The number of fused-ring (bicyclic) bond motifs is 2. The summed E-state index contributed by atoms with van der Waals surface area (Å²) in [7, 11) is 0. The molecule has 3 aromatic rings. The highest BCUT2D eigenvalue weighted by Crippen LogP contribution is 2.55. The topological polar surface area (TPSA) is 40.6 Å². The molecule has 0 aromatic heterocycles. The van der Waals surface area contributed by atoms with Crippen molar-refractivity contribution in [3.05, 3.63) is 99.6 Å². The number of halogens is 1. The largest absolute Gasteiger partial charge is 0.311 e. The first-order valence-electron chi connectivity index (χ1n) is 10.6. The number of carbonyl (C=O) groups is 2. The molecule has 2 amide bonds. The van der Waals surface area contributed by atoms with Crippen LogP contribution in [0.3, 0.4) is 0 Å². The van der Waals surface area contributed by atoms with Crippen LogP contribution in [0.25, 0.3) is 0 Å². The summed E-state index contributed by atoms with van der Waals surface area (Å²) in [5.41, 5.74) is 5.36. The van der Waals surface area contributed by atoms with Gasteiger partial charge in [0.2, 0.25) is 0 Å². The van der Waals surface area contributed by atoms with Gasteiger partial charge in [0.05, 0.1) is 12.2 Å². The van der Waals surface area contributed by atoms with Gasteiger partial charge in [-0.05, 0) is 49.2 Å². The Bertz CT molecular complexity index is 1230. The fraction of sp³-hybridized carbons (Fsp3) is 0.231. The monoisotopic (exact) mass is 462 g/mol. The van der Waals surface area contributed by atoms with Crippen LogP contribution in [0.5, 0.6) is 0 Å². The van der Waals surface area contributed by atoms with E-state index in [1.54, 1.807) is 9.80 Å². The van der Waals surface area contributed by atoms with E-state index in [2.05, 4.69) is 0 Å². The number of carbonyl (C=O) groups excluding carboxylic acids is 2. The molecule has 2 heterocycles. The lowest BCUT2D eigenvalue weighted by molar-refractivity contribution is -0.123. The summed E-state index contributed by atoms with van der Waals surface area (Å²) >= 11 is 7.91. The quantitative estimate of drug-likeness (QED) is 0.512. The molecule has 1 atom stereocenters. The maximum absolute atomic E-state index is 14.1. The number of nitrogens with zero attached hydrogens (tertiary/aromatic N) is 2. The van der Waals surface area contributed by atoms with Gasteiger partial charge in [-0.25, -0.2) is 0 Å². The summed E-state index contributed by atoms with van der Waals surface area (Å²) in [5.74, 6) is 0.484. The Balaban J connectivity index is 1.60. The summed E-state index contributed by atoms with van der Waals surface area (Å²) in [5, 5.41) is 0.559. The van der Waals surface area contributed by atoms with Gasteiger partial charge in [-0.3, -0.25) is 9.59 Å². The van der Waals surface area contributed by atoms with Crippen LogP contribution in [0.4, 0.5) is 5.69 Å². The van der Waals surface area contributed by atoms with Crippen LogP contribution in [0.15, 0.2) is 66.7 Å². The molecule has 6 heteroatoms.